The highest BCUT2D eigenvalue weighted by Crippen LogP contribution is 2.67. The Morgan fingerprint density at radius 1 is 0.508 bits per heavy atom. The molecule has 5 aromatic carbocycles. The van der Waals surface area contributed by atoms with Crippen molar-refractivity contribution in [3.8, 4) is 0 Å². The summed E-state index contributed by atoms with van der Waals surface area (Å²) in [6.45, 7) is 34.9. The van der Waals surface area contributed by atoms with E-state index in [4.69, 9.17) is 0 Å². The lowest BCUT2D eigenvalue weighted by Gasteiger charge is -2.55. The first-order valence-corrected chi connectivity index (χ1v) is 24.7. The average Bonchev–Trinajstić information content (AvgIpc) is 3.57. The molecule has 5 heterocycles. The number of nitrogens with zero attached hydrogens (tertiary/aromatic N) is 3. The zero-order valence-electron chi connectivity index (χ0n) is 41.0. The number of fused-ring (bicyclic) bond motifs is 12. The van der Waals surface area contributed by atoms with Crippen molar-refractivity contribution < 1.29 is 0 Å². The van der Waals surface area contributed by atoms with E-state index in [1.54, 1.807) is 27.6 Å². The largest absolute Gasteiger partial charge is 0.335 e. The van der Waals surface area contributed by atoms with E-state index in [2.05, 4.69) is 184 Å². The molecule has 0 N–H and O–H groups in total. The minimum atomic E-state index is -0.138. The van der Waals surface area contributed by atoms with Gasteiger partial charge in [0, 0.05) is 39.0 Å². The number of anilines is 7. The maximum Gasteiger partial charge on any atom is 0.252 e. The molecule has 0 amide bonds. The quantitative estimate of drug-likeness (QED) is 0.156. The third-order valence-electron chi connectivity index (χ3n) is 19.1. The molecular weight excluding hydrogens is 761 g/mol. The number of rotatable bonds is 1. The fourth-order valence-electron chi connectivity index (χ4n) is 15.2. The van der Waals surface area contributed by atoms with Gasteiger partial charge in [0.15, 0.2) is 0 Å². The Morgan fingerprint density at radius 3 is 1.62 bits per heavy atom. The zero-order valence-corrected chi connectivity index (χ0v) is 41.0. The van der Waals surface area contributed by atoms with Crippen LogP contribution in [0.3, 0.4) is 0 Å². The lowest BCUT2D eigenvalue weighted by Crippen LogP contribution is -2.66. The predicted molar refractivity (Wildman–Crippen MR) is 270 cm³/mol. The number of aryl methyl sites for hydroxylation is 2. The second kappa shape index (κ2) is 12.1. The van der Waals surface area contributed by atoms with Gasteiger partial charge in [-0.25, -0.2) is 0 Å². The molecule has 0 radical (unpaired) electrons. The lowest BCUT2D eigenvalue weighted by atomic mass is 9.33. The summed E-state index contributed by atoms with van der Waals surface area (Å²) in [7, 11) is 0. The van der Waals surface area contributed by atoms with Crippen LogP contribution in [0.1, 0.15) is 179 Å². The van der Waals surface area contributed by atoms with E-state index in [-0.39, 0.29) is 44.9 Å². The summed E-state index contributed by atoms with van der Waals surface area (Å²) in [5, 5.41) is 0. The lowest BCUT2D eigenvalue weighted by molar-refractivity contribution is 0.192. The third kappa shape index (κ3) is 4.69. The summed E-state index contributed by atoms with van der Waals surface area (Å²) in [6, 6.07) is 30.4. The van der Waals surface area contributed by atoms with E-state index in [1.807, 2.05) is 0 Å². The van der Waals surface area contributed by atoms with Crippen LogP contribution in [-0.2, 0) is 27.1 Å². The summed E-state index contributed by atoms with van der Waals surface area (Å²) >= 11 is 0. The van der Waals surface area contributed by atoms with Crippen LogP contribution < -0.4 is 31.1 Å². The molecule has 7 aliphatic rings. The van der Waals surface area contributed by atoms with Crippen LogP contribution in [0.25, 0.3) is 0 Å². The summed E-state index contributed by atoms with van der Waals surface area (Å²) in [4.78, 5) is 8.64. The number of hydrogen-bond acceptors (Lipinski definition) is 3. The minimum absolute atomic E-state index is 0.0188. The van der Waals surface area contributed by atoms with Gasteiger partial charge < -0.3 is 14.7 Å². The first kappa shape index (κ1) is 40.1. The van der Waals surface area contributed by atoms with Gasteiger partial charge in [0.1, 0.15) is 0 Å². The van der Waals surface area contributed by atoms with E-state index < -0.39 is 0 Å². The van der Waals surface area contributed by atoms with Gasteiger partial charge in [-0.3, -0.25) is 0 Å². The SMILES string of the molecule is Cc1ccc2c(c1)C(C)(C)c1cc(C)ccc1N2c1cc2c3c(c1)N1c4c(ccc(C(C)(C)C)c4C4(C)CCCCC14C)B3c1cc(C(C)(C)C)cc3c1N2C1(C)CCCCC31C. The molecule has 0 saturated heterocycles. The van der Waals surface area contributed by atoms with Crippen molar-refractivity contribution in [3.63, 3.8) is 0 Å². The fourth-order valence-corrected chi connectivity index (χ4v) is 15.2. The second-order valence-corrected chi connectivity index (χ2v) is 25.0. The summed E-state index contributed by atoms with van der Waals surface area (Å²) < 4.78 is 0. The van der Waals surface area contributed by atoms with Gasteiger partial charge in [-0.2, -0.15) is 0 Å². The highest BCUT2D eigenvalue weighted by molar-refractivity contribution is 7.00. The van der Waals surface area contributed by atoms with Gasteiger partial charge in [0.25, 0.3) is 6.71 Å². The molecule has 324 valence electrons. The predicted octanol–water partition coefficient (Wildman–Crippen LogP) is 13.6. The van der Waals surface area contributed by atoms with Gasteiger partial charge in [-0.1, -0.05) is 155 Å². The summed E-state index contributed by atoms with van der Waals surface area (Å²) in [5.74, 6) is 0. The van der Waals surface area contributed by atoms with Crippen molar-refractivity contribution in [3.05, 3.63) is 117 Å². The Morgan fingerprint density at radius 2 is 1.05 bits per heavy atom. The van der Waals surface area contributed by atoms with Crippen LogP contribution in [0.5, 0.6) is 0 Å². The summed E-state index contributed by atoms with van der Waals surface area (Å²) in [5.41, 5.74) is 26.1. The Labute approximate surface area is 379 Å². The first-order valence-electron chi connectivity index (χ1n) is 24.7. The molecule has 2 fully saturated rings. The molecule has 4 unspecified atom stereocenters. The van der Waals surface area contributed by atoms with Crippen LogP contribution in [-0.4, -0.2) is 17.8 Å². The monoisotopic (exact) mass is 832 g/mol. The Balaban J connectivity index is 1.25. The van der Waals surface area contributed by atoms with Crippen LogP contribution in [0, 0.1) is 13.8 Å². The molecule has 5 aromatic rings. The van der Waals surface area contributed by atoms with Crippen molar-refractivity contribution in [2.24, 2.45) is 0 Å². The van der Waals surface area contributed by atoms with E-state index >= 15 is 0 Å². The molecule has 0 bridgehead atoms. The topological polar surface area (TPSA) is 9.72 Å². The van der Waals surface area contributed by atoms with Crippen LogP contribution in [0.15, 0.2) is 72.8 Å². The standard InChI is InChI=1S/C59H70BN3/c1-35-19-23-45-40(29-35)55(9,10)41-30-36(2)20-24-46(41)61(45)38-33-47-50-48(34-38)63-52-43(22-21-39(54(6,7)8)49(52)57(12)26-16-18-28-59(57,63)14)60(50)44-32-37(53(3,4)5)31-42-51(44)62(47)58(13)27-17-15-25-56(42,58)11/h19-24,29-34H,15-18,25-28H2,1-14H3. The van der Waals surface area contributed by atoms with E-state index in [0.717, 1.165) is 0 Å². The summed E-state index contributed by atoms with van der Waals surface area (Å²) in [6.07, 6.45) is 9.97. The van der Waals surface area contributed by atoms with Gasteiger partial charge in [-0.15, -0.1) is 0 Å². The van der Waals surface area contributed by atoms with E-state index in [1.165, 1.54) is 124 Å². The Kier molecular flexibility index (Phi) is 7.68. The molecule has 4 atom stereocenters. The molecular formula is C59H70BN3. The molecule has 4 heteroatoms. The third-order valence-corrected chi connectivity index (χ3v) is 19.1. The van der Waals surface area contributed by atoms with Gasteiger partial charge in [0.05, 0.1) is 28.1 Å². The smallest absolute Gasteiger partial charge is 0.252 e. The Bertz CT molecular complexity index is 2810. The van der Waals surface area contributed by atoms with Crippen LogP contribution >= 0.6 is 0 Å². The molecule has 2 saturated carbocycles. The highest BCUT2D eigenvalue weighted by atomic mass is 15.3. The van der Waals surface area contributed by atoms with E-state index in [9.17, 15) is 0 Å². The minimum Gasteiger partial charge on any atom is -0.335 e. The molecule has 0 aromatic heterocycles. The molecule has 63 heavy (non-hydrogen) atoms. The maximum absolute atomic E-state index is 2.99. The Hall–Kier alpha value is -4.44. The van der Waals surface area contributed by atoms with Gasteiger partial charge in [0.2, 0.25) is 0 Å². The highest BCUT2D eigenvalue weighted by Gasteiger charge is 2.65. The van der Waals surface area contributed by atoms with Crippen molar-refractivity contribution in [1.29, 1.82) is 0 Å². The average molecular weight is 832 g/mol. The van der Waals surface area contributed by atoms with Crippen molar-refractivity contribution in [2.75, 3.05) is 14.7 Å². The molecule has 5 aliphatic heterocycles. The first-order chi connectivity index (χ1) is 29.6. The number of hydrogen-bond donors (Lipinski definition) is 0. The van der Waals surface area contributed by atoms with Crippen LogP contribution in [0.4, 0.5) is 39.8 Å². The zero-order chi connectivity index (χ0) is 44.3. The van der Waals surface area contributed by atoms with Crippen LogP contribution in [0.2, 0.25) is 0 Å². The normalized spacial score (nSPS) is 27.9. The molecule has 3 nitrogen and oxygen atoms in total. The van der Waals surface area contributed by atoms with Crippen molar-refractivity contribution in [2.45, 2.75) is 186 Å². The number of benzene rings is 5. The molecule has 2 aliphatic carbocycles. The van der Waals surface area contributed by atoms with E-state index in [0.29, 0.717) is 0 Å². The molecule has 12 rings (SSSR count). The van der Waals surface area contributed by atoms with Gasteiger partial charge >= 0.3 is 0 Å². The van der Waals surface area contributed by atoms with Crippen molar-refractivity contribution >= 4 is 62.9 Å². The van der Waals surface area contributed by atoms with Gasteiger partial charge in [-0.05, 0) is 138 Å². The molecule has 0 spiro atoms. The van der Waals surface area contributed by atoms with Crippen molar-refractivity contribution in [1.82, 2.24) is 0 Å². The fraction of sp³-hybridized carbons (Fsp3) is 0.492. The second-order valence-electron chi connectivity index (χ2n) is 25.0. The maximum atomic E-state index is 2.99.